The maximum atomic E-state index is 5.34. The Kier molecular flexibility index (Phi) is 2.84. The Hall–Kier alpha value is -1.00. The molecule has 0 spiro atoms. The van der Waals surface area contributed by atoms with Crippen LogP contribution in [0, 0.1) is 0 Å². The number of hydrogen-bond donors (Lipinski definition) is 1. The topological polar surface area (TPSA) is 47.0 Å². The molecule has 2 heterocycles. The van der Waals surface area contributed by atoms with Crippen LogP contribution in [0.15, 0.2) is 12.4 Å². The van der Waals surface area contributed by atoms with Gasteiger partial charge in [-0.1, -0.05) is 0 Å². The lowest BCUT2D eigenvalue weighted by atomic mass is 10.1. The standard InChI is InChI=1S/C12H17N3O/c1-2-11(1)13-5-9-6-14-12(15-7-9)10-3-4-16-8-10/h6-7,10-11,13H,1-5,8H2. The average Bonchev–Trinajstić information content (AvgIpc) is 3.00. The van der Waals surface area contributed by atoms with Crippen LogP contribution in [0.4, 0.5) is 0 Å². The molecule has 1 atom stereocenters. The summed E-state index contributed by atoms with van der Waals surface area (Å²) < 4.78 is 5.34. The van der Waals surface area contributed by atoms with Crippen molar-refractivity contribution < 1.29 is 4.74 Å². The van der Waals surface area contributed by atoms with Gasteiger partial charge in [0.1, 0.15) is 5.82 Å². The summed E-state index contributed by atoms with van der Waals surface area (Å²) >= 11 is 0. The first-order chi connectivity index (χ1) is 7.92. The van der Waals surface area contributed by atoms with Crippen LogP contribution in [0.5, 0.6) is 0 Å². The van der Waals surface area contributed by atoms with Gasteiger partial charge < -0.3 is 10.1 Å². The number of aromatic nitrogens is 2. The van der Waals surface area contributed by atoms with Crippen molar-refractivity contribution in [1.82, 2.24) is 15.3 Å². The molecule has 2 fully saturated rings. The van der Waals surface area contributed by atoms with Gasteiger partial charge in [0.25, 0.3) is 0 Å². The van der Waals surface area contributed by atoms with Crippen molar-refractivity contribution in [3.05, 3.63) is 23.8 Å². The number of nitrogens with one attached hydrogen (secondary N) is 1. The van der Waals surface area contributed by atoms with E-state index in [1.165, 1.54) is 18.4 Å². The summed E-state index contributed by atoms with van der Waals surface area (Å²) in [4.78, 5) is 8.86. The largest absolute Gasteiger partial charge is 0.381 e. The molecule has 1 aliphatic heterocycles. The van der Waals surface area contributed by atoms with E-state index in [0.29, 0.717) is 5.92 Å². The molecule has 1 saturated heterocycles. The highest BCUT2D eigenvalue weighted by atomic mass is 16.5. The van der Waals surface area contributed by atoms with Gasteiger partial charge in [0.2, 0.25) is 0 Å². The Labute approximate surface area is 95.4 Å². The summed E-state index contributed by atoms with van der Waals surface area (Å²) in [7, 11) is 0. The molecule has 0 aromatic carbocycles. The highest BCUT2D eigenvalue weighted by Crippen LogP contribution is 2.22. The highest BCUT2D eigenvalue weighted by molar-refractivity contribution is 5.08. The molecule has 0 bridgehead atoms. The Morgan fingerprint density at radius 1 is 1.25 bits per heavy atom. The smallest absolute Gasteiger partial charge is 0.133 e. The predicted molar refractivity (Wildman–Crippen MR) is 60.1 cm³/mol. The quantitative estimate of drug-likeness (QED) is 0.827. The van der Waals surface area contributed by atoms with Crippen LogP contribution in [0.3, 0.4) is 0 Å². The summed E-state index contributed by atoms with van der Waals surface area (Å²) in [6.45, 7) is 2.52. The maximum absolute atomic E-state index is 5.34. The van der Waals surface area contributed by atoms with Gasteiger partial charge in [-0.2, -0.15) is 0 Å². The second-order valence-corrected chi connectivity index (χ2v) is 4.67. The molecule has 1 aromatic heterocycles. The fourth-order valence-electron chi connectivity index (χ4n) is 1.95. The maximum Gasteiger partial charge on any atom is 0.133 e. The van der Waals surface area contributed by atoms with E-state index in [9.17, 15) is 0 Å². The molecule has 1 N–H and O–H groups in total. The first-order valence-corrected chi connectivity index (χ1v) is 6.04. The number of nitrogens with zero attached hydrogens (tertiary/aromatic N) is 2. The minimum atomic E-state index is 0.408. The molecule has 0 radical (unpaired) electrons. The van der Waals surface area contributed by atoms with Crippen molar-refractivity contribution >= 4 is 0 Å². The zero-order valence-electron chi connectivity index (χ0n) is 9.35. The first-order valence-electron chi connectivity index (χ1n) is 6.04. The van der Waals surface area contributed by atoms with Gasteiger partial charge >= 0.3 is 0 Å². The fourth-order valence-corrected chi connectivity index (χ4v) is 1.95. The Bertz CT molecular complexity index is 342. The second-order valence-electron chi connectivity index (χ2n) is 4.67. The minimum Gasteiger partial charge on any atom is -0.381 e. The van der Waals surface area contributed by atoms with Crippen molar-refractivity contribution in [2.75, 3.05) is 13.2 Å². The van der Waals surface area contributed by atoms with Gasteiger partial charge in [-0.05, 0) is 19.3 Å². The van der Waals surface area contributed by atoms with E-state index < -0.39 is 0 Å². The van der Waals surface area contributed by atoms with E-state index in [-0.39, 0.29) is 0 Å². The molecule has 2 aliphatic rings. The van der Waals surface area contributed by atoms with Crippen LogP contribution < -0.4 is 5.32 Å². The summed E-state index contributed by atoms with van der Waals surface area (Å²) in [6, 6.07) is 0.739. The van der Waals surface area contributed by atoms with Crippen molar-refractivity contribution in [1.29, 1.82) is 0 Å². The highest BCUT2D eigenvalue weighted by Gasteiger charge is 2.21. The third kappa shape index (κ3) is 2.39. The third-order valence-corrected chi connectivity index (χ3v) is 3.19. The van der Waals surface area contributed by atoms with Crippen molar-refractivity contribution in [2.45, 2.75) is 37.8 Å². The molecule has 1 unspecified atom stereocenters. The lowest BCUT2D eigenvalue weighted by Crippen LogP contribution is -2.16. The van der Waals surface area contributed by atoms with E-state index in [1.54, 1.807) is 0 Å². The van der Waals surface area contributed by atoms with E-state index in [4.69, 9.17) is 4.74 Å². The number of ether oxygens (including phenoxy) is 1. The van der Waals surface area contributed by atoms with Crippen molar-refractivity contribution in [2.24, 2.45) is 0 Å². The molecule has 3 rings (SSSR count). The normalized spacial score (nSPS) is 24.9. The average molecular weight is 219 g/mol. The number of hydrogen-bond acceptors (Lipinski definition) is 4. The van der Waals surface area contributed by atoms with Crippen LogP contribution in [-0.2, 0) is 11.3 Å². The van der Waals surface area contributed by atoms with Crippen LogP contribution in [0.25, 0.3) is 0 Å². The van der Waals surface area contributed by atoms with Crippen molar-refractivity contribution in [3.63, 3.8) is 0 Å². The molecule has 0 amide bonds. The first kappa shape index (κ1) is 10.2. The molecule has 1 aromatic rings. The second kappa shape index (κ2) is 4.47. The summed E-state index contributed by atoms with van der Waals surface area (Å²) in [5.41, 5.74) is 1.18. The van der Waals surface area contributed by atoms with Crippen LogP contribution in [-0.4, -0.2) is 29.2 Å². The van der Waals surface area contributed by atoms with Gasteiger partial charge in [0, 0.05) is 43.1 Å². The fraction of sp³-hybridized carbons (Fsp3) is 0.667. The monoisotopic (exact) mass is 219 g/mol. The number of rotatable bonds is 4. The molecular formula is C12H17N3O. The lowest BCUT2D eigenvalue weighted by molar-refractivity contribution is 0.193. The summed E-state index contributed by atoms with van der Waals surface area (Å²) in [5, 5.41) is 3.46. The van der Waals surface area contributed by atoms with Gasteiger partial charge in [-0.15, -0.1) is 0 Å². The van der Waals surface area contributed by atoms with Gasteiger partial charge in [0.05, 0.1) is 6.61 Å². The SMILES string of the molecule is c1nc(C2CCOC2)ncc1CNC1CC1. The van der Waals surface area contributed by atoms with Crippen LogP contribution >= 0.6 is 0 Å². The van der Waals surface area contributed by atoms with Gasteiger partial charge in [-0.3, -0.25) is 0 Å². The zero-order valence-corrected chi connectivity index (χ0v) is 9.35. The van der Waals surface area contributed by atoms with Crippen molar-refractivity contribution in [3.8, 4) is 0 Å². The Morgan fingerprint density at radius 3 is 2.69 bits per heavy atom. The molecule has 86 valence electrons. The van der Waals surface area contributed by atoms with Crippen LogP contribution in [0.1, 0.15) is 36.6 Å². The summed E-state index contributed by atoms with van der Waals surface area (Å²) in [6.07, 6.45) is 7.57. The van der Waals surface area contributed by atoms with E-state index in [0.717, 1.165) is 38.0 Å². The summed E-state index contributed by atoms with van der Waals surface area (Å²) in [5.74, 6) is 1.35. The van der Waals surface area contributed by atoms with E-state index in [1.807, 2.05) is 12.4 Å². The Morgan fingerprint density at radius 2 is 2.06 bits per heavy atom. The molecule has 4 heteroatoms. The molecule has 1 saturated carbocycles. The predicted octanol–water partition coefficient (Wildman–Crippen LogP) is 1.23. The third-order valence-electron chi connectivity index (χ3n) is 3.19. The van der Waals surface area contributed by atoms with Gasteiger partial charge in [0.15, 0.2) is 0 Å². The molecule has 4 nitrogen and oxygen atoms in total. The van der Waals surface area contributed by atoms with E-state index in [2.05, 4.69) is 15.3 Å². The molecular weight excluding hydrogens is 202 g/mol. The lowest BCUT2D eigenvalue weighted by Gasteiger charge is -2.07. The molecule has 16 heavy (non-hydrogen) atoms. The minimum absolute atomic E-state index is 0.408. The van der Waals surface area contributed by atoms with Gasteiger partial charge in [-0.25, -0.2) is 9.97 Å². The molecule has 1 aliphatic carbocycles. The Balaban J connectivity index is 1.59. The zero-order chi connectivity index (χ0) is 10.8. The van der Waals surface area contributed by atoms with E-state index >= 15 is 0 Å². The van der Waals surface area contributed by atoms with Crippen LogP contribution in [0.2, 0.25) is 0 Å².